The molecule has 1 N–H and O–H groups in total. The Morgan fingerprint density at radius 1 is 1.07 bits per heavy atom. The number of methoxy groups -OCH3 is 3. The number of likely N-dealkylation sites (tertiary alicyclic amines) is 1. The zero-order valence-electron chi connectivity index (χ0n) is 19.3. The molecule has 2 amide bonds. The van der Waals surface area contributed by atoms with E-state index < -0.39 is 0 Å². The summed E-state index contributed by atoms with van der Waals surface area (Å²) in [5, 5.41) is 3.00. The Morgan fingerprint density at radius 2 is 1.67 bits per heavy atom. The van der Waals surface area contributed by atoms with E-state index in [4.69, 9.17) is 14.2 Å². The Morgan fingerprint density at radius 3 is 2.13 bits per heavy atom. The van der Waals surface area contributed by atoms with Gasteiger partial charge in [-0.1, -0.05) is 27.7 Å². The summed E-state index contributed by atoms with van der Waals surface area (Å²) >= 11 is 0. The van der Waals surface area contributed by atoms with Crippen molar-refractivity contribution in [1.82, 2.24) is 10.2 Å². The van der Waals surface area contributed by atoms with Gasteiger partial charge in [-0.3, -0.25) is 9.59 Å². The summed E-state index contributed by atoms with van der Waals surface area (Å²) in [5.41, 5.74) is 0.786. The SMILES string of the molecule is CCCNC(=O)C1CN(C(=O)CC(C)(C)C)CC1c1cc(OC)c(OC)c(OC)c1. The maximum atomic E-state index is 12.9. The first-order valence-corrected chi connectivity index (χ1v) is 10.5. The van der Waals surface area contributed by atoms with Crippen LogP contribution < -0.4 is 19.5 Å². The predicted molar refractivity (Wildman–Crippen MR) is 116 cm³/mol. The van der Waals surface area contributed by atoms with Gasteiger partial charge in [0, 0.05) is 32.0 Å². The molecule has 1 aliphatic rings. The second kappa shape index (κ2) is 10.0. The van der Waals surface area contributed by atoms with Crippen molar-refractivity contribution >= 4 is 11.8 Å². The molecule has 2 unspecified atom stereocenters. The van der Waals surface area contributed by atoms with Crippen LogP contribution in [-0.2, 0) is 9.59 Å². The maximum absolute atomic E-state index is 12.9. The van der Waals surface area contributed by atoms with E-state index >= 15 is 0 Å². The highest BCUT2D eigenvalue weighted by Gasteiger charge is 2.41. The van der Waals surface area contributed by atoms with Crippen LogP contribution in [0.5, 0.6) is 17.2 Å². The van der Waals surface area contributed by atoms with Gasteiger partial charge >= 0.3 is 0 Å². The summed E-state index contributed by atoms with van der Waals surface area (Å²) in [6, 6.07) is 3.76. The van der Waals surface area contributed by atoms with Gasteiger partial charge in [0.05, 0.1) is 27.2 Å². The van der Waals surface area contributed by atoms with Gasteiger partial charge in [0.15, 0.2) is 11.5 Å². The Labute approximate surface area is 180 Å². The molecule has 1 aromatic rings. The topological polar surface area (TPSA) is 77.1 Å². The van der Waals surface area contributed by atoms with Crippen LogP contribution in [0.2, 0.25) is 0 Å². The number of amides is 2. The minimum atomic E-state index is -0.330. The van der Waals surface area contributed by atoms with Crippen LogP contribution in [0.3, 0.4) is 0 Å². The van der Waals surface area contributed by atoms with Gasteiger partial charge in [-0.05, 0) is 29.5 Å². The number of rotatable bonds is 8. The van der Waals surface area contributed by atoms with Crippen LogP contribution in [0.1, 0.15) is 52.0 Å². The molecule has 1 saturated heterocycles. The fourth-order valence-electron chi connectivity index (χ4n) is 3.87. The van der Waals surface area contributed by atoms with E-state index in [1.165, 1.54) is 0 Å². The molecule has 2 rings (SSSR count). The van der Waals surface area contributed by atoms with Gasteiger partial charge in [0.25, 0.3) is 0 Å². The van der Waals surface area contributed by atoms with Crippen molar-refractivity contribution in [3.8, 4) is 17.2 Å². The minimum absolute atomic E-state index is 0.0262. The number of hydrogen-bond donors (Lipinski definition) is 1. The molecule has 7 nitrogen and oxygen atoms in total. The lowest BCUT2D eigenvalue weighted by molar-refractivity contribution is -0.132. The molecule has 2 atom stereocenters. The number of carbonyl (C=O) groups is 2. The van der Waals surface area contributed by atoms with E-state index in [0.717, 1.165) is 12.0 Å². The molecule has 1 aromatic carbocycles. The first-order valence-electron chi connectivity index (χ1n) is 10.5. The average molecular weight is 421 g/mol. The highest BCUT2D eigenvalue weighted by molar-refractivity contribution is 5.83. The molecule has 30 heavy (non-hydrogen) atoms. The van der Waals surface area contributed by atoms with Crippen LogP contribution in [-0.4, -0.2) is 57.7 Å². The van der Waals surface area contributed by atoms with Crippen LogP contribution in [0.15, 0.2) is 12.1 Å². The van der Waals surface area contributed by atoms with E-state index in [1.807, 2.05) is 44.7 Å². The number of ether oxygens (including phenoxy) is 3. The van der Waals surface area contributed by atoms with E-state index in [9.17, 15) is 9.59 Å². The van der Waals surface area contributed by atoms with Crippen molar-refractivity contribution in [1.29, 1.82) is 0 Å². The molecule has 0 radical (unpaired) electrons. The number of benzene rings is 1. The first-order chi connectivity index (χ1) is 14.1. The lowest BCUT2D eigenvalue weighted by atomic mass is 9.88. The van der Waals surface area contributed by atoms with Gasteiger partial charge in [0.1, 0.15) is 0 Å². The zero-order valence-corrected chi connectivity index (χ0v) is 19.3. The van der Waals surface area contributed by atoms with Crippen LogP contribution in [0.25, 0.3) is 0 Å². The normalized spacial score (nSPS) is 18.8. The van der Waals surface area contributed by atoms with Crippen molar-refractivity contribution in [3.05, 3.63) is 17.7 Å². The van der Waals surface area contributed by atoms with Crippen molar-refractivity contribution in [3.63, 3.8) is 0 Å². The second-order valence-electron chi connectivity index (χ2n) is 9.00. The Kier molecular flexibility index (Phi) is 7.98. The summed E-state index contributed by atoms with van der Waals surface area (Å²) in [7, 11) is 4.70. The van der Waals surface area contributed by atoms with E-state index in [-0.39, 0.29) is 29.1 Å². The van der Waals surface area contributed by atoms with Gasteiger partial charge in [-0.2, -0.15) is 0 Å². The summed E-state index contributed by atoms with van der Waals surface area (Å²) in [6.07, 6.45) is 1.30. The van der Waals surface area contributed by atoms with Crippen LogP contribution >= 0.6 is 0 Å². The number of carbonyl (C=O) groups excluding carboxylic acids is 2. The Bertz CT molecular complexity index is 731. The lowest BCUT2D eigenvalue weighted by Gasteiger charge is -2.23. The third-order valence-electron chi connectivity index (χ3n) is 5.36. The molecule has 0 bridgehead atoms. The molecular formula is C23H36N2O5. The van der Waals surface area contributed by atoms with Crippen LogP contribution in [0.4, 0.5) is 0 Å². The van der Waals surface area contributed by atoms with Crippen molar-refractivity contribution in [2.45, 2.75) is 46.5 Å². The molecule has 0 spiro atoms. The Hall–Kier alpha value is -2.44. The monoisotopic (exact) mass is 420 g/mol. The van der Waals surface area contributed by atoms with E-state index in [1.54, 1.807) is 21.3 Å². The minimum Gasteiger partial charge on any atom is -0.493 e. The summed E-state index contributed by atoms with van der Waals surface area (Å²) in [6.45, 7) is 9.66. The first kappa shape index (κ1) is 23.8. The Balaban J connectivity index is 2.40. The van der Waals surface area contributed by atoms with Crippen molar-refractivity contribution < 1.29 is 23.8 Å². The molecule has 1 aliphatic heterocycles. The molecule has 168 valence electrons. The smallest absolute Gasteiger partial charge is 0.225 e. The van der Waals surface area contributed by atoms with Crippen molar-refractivity contribution in [2.24, 2.45) is 11.3 Å². The second-order valence-corrected chi connectivity index (χ2v) is 9.00. The molecule has 1 heterocycles. The van der Waals surface area contributed by atoms with Gasteiger partial charge in [-0.25, -0.2) is 0 Å². The van der Waals surface area contributed by atoms with Gasteiger partial charge in [0.2, 0.25) is 17.6 Å². The fourth-order valence-corrected chi connectivity index (χ4v) is 3.87. The zero-order chi connectivity index (χ0) is 22.5. The van der Waals surface area contributed by atoms with Crippen molar-refractivity contribution in [2.75, 3.05) is 41.0 Å². The third-order valence-corrected chi connectivity index (χ3v) is 5.36. The quantitative estimate of drug-likeness (QED) is 0.699. The largest absolute Gasteiger partial charge is 0.493 e. The predicted octanol–water partition coefficient (Wildman–Crippen LogP) is 3.22. The standard InChI is InChI=1S/C23H36N2O5/c1-8-9-24-22(27)17-14-25(20(26)12-23(2,3)4)13-16(17)15-10-18(28-5)21(30-7)19(11-15)29-6/h10-11,16-17H,8-9,12-14H2,1-7H3,(H,24,27). The molecule has 0 aromatic heterocycles. The highest BCUT2D eigenvalue weighted by atomic mass is 16.5. The van der Waals surface area contributed by atoms with Crippen LogP contribution in [0, 0.1) is 11.3 Å². The summed E-state index contributed by atoms with van der Waals surface area (Å²) < 4.78 is 16.4. The molecule has 0 saturated carbocycles. The maximum Gasteiger partial charge on any atom is 0.225 e. The number of hydrogen-bond acceptors (Lipinski definition) is 5. The summed E-state index contributed by atoms with van der Waals surface area (Å²) in [4.78, 5) is 27.6. The number of nitrogens with one attached hydrogen (secondary N) is 1. The fraction of sp³-hybridized carbons (Fsp3) is 0.652. The third kappa shape index (κ3) is 5.58. The molecule has 0 aliphatic carbocycles. The molecule has 7 heteroatoms. The average Bonchev–Trinajstić information content (AvgIpc) is 3.15. The molecular weight excluding hydrogens is 384 g/mol. The van der Waals surface area contributed by atoms with E-state index in [0.29, 0.717) is 43.3 Å². The lowest BCUT2D eigenvalue weighted by Crippen LogP contribution is -2.36. The number of nitrogens with zero attached hydrogens (tertiary/aromatic N) is 1. The summed E-state index contributed by atoms with van der Waals surface area (Å²) in [5.74, 6) is 1.16. The highest BCUT2D eigenvalue weighted by Crippen LogP contribution is 2.43. The van der Waals surface area contributed by atoms with E-state index in [2.05, 4.69) is 5.32 Å². The molecule has 1 fully saturated rings. The van der Waals surface area contributed by atoms with Gasteiger partial charge in [-0.15, -0.1) is 0 Å². The van der Waals surface area contributed by atoms with Gasteiger partial charge < -0.3 is 24.4 Å².